The van der Waals surface area contributed by atoms with Gasteiger partial charge in [0.2, 0.25) is 5.78 Å². The number of hydrogen-bond acceptors (Lipinski definition) is 5. The van der Waals surface area contributed by atoms with Crippen molar-refractivity contribution in [3.8, 4) is 0 Å². The molecule has 0 spiro atoms. The molecule has 0 aromatic rings. The van der Waals surface area contributed by atoms with Gasteiger partial charge in [-0.15, -0.1) is 0 Å². The molecule has 29 heavy (non-hydrogen) atoms. The molecule has 4 aliphatic rings. The number of fused-ring (bicyclic) bond motifs is 5. The van der Waals surface area contributed by atoms with E-state index < -0.39 is 59.4 Å². The number of hydrogen-bond donors (Lipinski definition) is 1. The first-order valence-electron chi connectivity index (χ1n) is 13.2. The lowest BCUT2D eigenvalue weighted by Gasteiger charge is -2.59. The molecule has 0 amide bonds. The van der Waals surface area contributed by atoms with Crippen LogP contribution in [0.5, 0.6) is 0 Å². The maximum atomic E-state index is 13.1. The molecule has 0 unspecified atom stereocenters. The van der Waals surface area contributed by atoms with Crippen LogP contribution < -0.4 is 0 Å². The molecule has 0 heterocycles. The SMILES string of the molecule is [2H]C1=C2C([2H])([2H])C[C@@H]3[C@H](CC[C@@]4(C)[C@H]3CC[C@]4(OC(=O)CC)C(=O)CO)[C@@]2(C)CC([2H])([2H])C1=O. The Kier molecular flexibility index (Phi) is 3.72. The van der Waals surface area contributed by atoms with Crippen molar-refractivity contribution in [3.05, 3.63) is 11.6 Å². The molecule has 0 aromatic carbocycles. The predicted octanol–water partition coefficient (Wildman–Crippen LogP) is 3.77. The first-order chi connectivity index (χ1) is 15.6. The van der Waals surface area contributed by atoms with Crippen molar-refractivity contribution in [2.45, 2.75) is 84.1 Å². The van der Waals surface area contributed by atoms with E-state index in [0.717, 1.165) is 0 Å². The molecule has 6 atom stereocenters. The summed E-state index contributed by atoms with van der Waals surface area (Å²) in [5.41, 5.74) is -3.15. The van der Waals surface area contributed by atoms with Gasteiger partial charge in [0.05, 0.1) is 1.37 Å². The molecule has 3 fully saturated rings. The highest BCUT2D eigenvalue weighted by atomic mass is 16.6. The largest absolute Gasteiger partial charge is 0.450 e. The van der Waals surface area contributed by atoms with Crippen LogP contribution in [0.25, 0.3) is 0 Å². The third kappa shape index (κ3) is 2.79. The van der Waals surface area contributed by atoms with Crippen LogP contribution in [-0.2, 0) is 19.1 Å². The minimum Gasteiger partial charge on any atom is -0.450 e. The molecule has 0 aromatic heterocycles. The molecule has 160 valence electrons. The summed E-state index contributed by atoms with van der Waals surface area (Å²) in [6, 6.07) is -0.538. The fourth-order valence-electron chi connectivity index (χ4n) is 6.87. The second-order valence-corrected chi connectivity index (χ2v) is 9.59. The van der Waals surface area contributed by atoms with Crippen molar-refractivity contribution in [1.29, 1.82) is 0 Å². The van der Waals surface area contributed by atoms with Gasteiger partial charge >= 0.3 is 5.97 Å². The van der Waals surface area contributed by atoms with Crippen molar-refractivity contribution < 1.29 is 31.1 Å². The summed E-state index contributed by atoms with van der Waals surface area (Å²) in [6.07, 6.45) is -2.44. The highest BCUT2D eigenvalue weighted by Gasteiger charge is 2.68. The second-order valence-electron chi connectivity index (χ2n) is 9.59. The van der Waals surface area contributed by atoms with Gasteiger partial charge < -0.3 is 9.84 Å². The molecular formula is C24H34O5. The van der Waals surface area contributed by atoms with Crippen molar-refractivity contribution in [3.63, 3.8) is 0 Å². The Morgan fingerprint density at radius 2 is 1.93 bits per heavy atom. The van der Waals surface area contributed by atoms with E-state index in [4.69, 9.17) is 11.6 Å². The van der Waals surface area contributed by atoms with Gasteiger partial charge in [-0.25, -0.2) is 0 Å². The third-order valence-electron chi connectivity index (χ3n) is 8.49. The van der Waals surface area contributed by atoms with Crippen molar-refractivity contribution >= 4 is 17.5 Å². The Balaban J connectivity index is 1.82. The second kappa shape index (κ2) is 7.04. The van der Waals surface area contributed by atoms with Crippen LogP contribution in [-0.4, -0.2) is 34.9 Å². The summed E-state index contributed by atoms with van der Waals surface area (Å²) in [5, 5.41) is 9.77. The summed E-state index contributed by atoms with van der Waals surface area (Å²) in [6.45, 7) is 4.59. The van der Waals surface area contributed by atoms with Crippen LogP contribution in [0, 0.1) is 28.6 Å². The molecule has 3 saturated carbocycles. The minimum absolute atomic E-state index is 0.0621. The topological polar surface area (TPSA) is 80.7 Å². The number of allylic oxidation sites excluding steroid dienone is 1. The molecule has 5 heteroatoms. The normalized spacial score (nSPS) is 50.0. The summed E-state index contributed by atoms with van der Waals surface area (Å²) in [5.74, 6) is -2.60. The Bertz CT molecular complexity index is 977. The van der Waals surface area contributed by atoms with Crippen molar-refractivity contribution in [2.75, 3.05) is 6.61 Å². The fraction of sp³-hybridized carbons (Fsp3) is 0.792. The average Bonchev–Trinajstić information content (AvgIpc) is 3.03. The molecular weight excluding hydrogens is 368 g/mol. The summed E-state index contributed by atoms with van der Waals surface area (Å²) < 4.78 is 48.5. The number of aliphatic hydroxyl groups excluding tert-OH is 1. The summed E-state index contributed by atoms with van der Waals surface area (Å²) in [4.78, 5) is 38.0. The Morgan fingerprint density at radius 1 is 1.21 bits per heavy atom. The van der Waals surface area contributed by atoms with Gasteiger partial charge in [0.25, 0.3) is 0 Å². The van der Waals surface area contributed by atoms with E-state index in [0.29, 0.717) is 19.3 Å². The van der Waals surface area contributed by atoms with Crippen LogP contribution in [0.3, 0.4) is 0 Å². The zero-order valence-electron chi connectivity index (χ0n) is 22.5. The van der Waals surface area contributed by atoms with Gasteiger partial charge in [0.15, 0.2) is 11.4 Å². The van der Waals surface area contributed by atoms with E-state index in [1.54, 1.807) is 13.8 Å². The Labute approximate surface area is 180 Å². The number of ether oxygens (including phenoxy) is 1. The summed E-state index contributed by atoms with van der Waals surface area (Å²) >= 11 is 0. The molecule has 0 aliphatic heterocycles. The predicted molar refractivity (Wildman–Crippen MR) is 108 cm³/mol. The smallest absolute Gasteiger partial charge is 0.306 e. The van der Waals surface area contributed by atoms with Crippen LogP contribution in [0.4, 0.5) is 0 Å². The van der Waals surface area contributed by atoms with Crippen molar-refractivity contribution in [2.24, 2.45) is 28.6 Å². The minimum atomic E-state index is -2.24. The number of carbonyl (C=O) groups excluding carboxylic acids is 3. The van der Waals surface area contributed by atoms with E-state index in [9.17, 15) is 19.5 Å². The monoisotopic (exact) mass is 407 g/mol. The van der Waals surface area contributed by atoms with Gasteiger partial charge in [-0.1, -0.05) is 26.3 Å². The maximum Gasteiger partial charge on any atom is 0.306 e. The highest BCUT2D eigenvalue weighted by molar-refractivity contribution is 5.92. The van der Waals surface area contributed by atoms with E-state index >= 15 is 0 Å². The molecule has 4 rings (SSSR count). The van der Waals surface area contributed by atoms with E-state index in [-0.39, 0.29) is 49.0 Å². The Morgan fingerprint density at radius 3 is 2.62 bits per heavy atom. The molecule has 0 bridgehead atoms. The number of rotatable bonds is 4. The Hall–Kier alpha value is -1.49. The molecule has 0 radical (unpaired) electrons. The molecule has 0 saturated heterocycles. The van der Waals surface area contributed by atoms with Crippen LogP contribution in [0.1, 0.15) is 85.3 Å². The van der Waals surface area contributed by atoms with Gasteiger partial charge in [-0.3, -0.25) is 14.4 Å². The highest BCUT2D eigenvalue weighted by Crippen LogP contribution is 2.68. The maximum absolute atomic E-state index is 13.1. The van der Waals surface area contributed by atoms with E-state index in [1.165, 1.54) is 0 Å². The fourth-order valence-corrected chi connectivity index (χ4v) is 6.87. The van der Waals surface area contributed by atoms with E-state index in [2.05, 4.69) is 0 Å². The lowest BCUT2D eigenvalue weighted by Crippen LogP contribution is -2.59. The van der Waals surface area contributed by atoms with Gasteiger partial charge in [-0.05, 0) is 74.1 Å². The number of esters is 1. The van der Waals surface area contributed by atoms with Crippen LogP contribution >= 0.6 is 0 Å². The van der Waals surface area contributed by atoms with Gasteiger partial charge in [0.1, 0.15) is 6.61 Å². The zero-order valence-corrected chi connectivity index (χ0v) is 17.5. The van der Waals surface area contributed by atoms with Crippen molar-refractivity contribution in [1.82, 2.24) is 0 Å². The third-order valence-corrected chi connectivity index (χ3v) is 8.49. The molecule has 4 aliphatic carbocycles. The van der Waals surface area contributed by atoms with Gasteiger partial charge in [0, 0.05) is 23.7 Å². The molecule has 5 nitrogen and oxygen atoms in total. The van der Waals surface area contributed by atoms with E-state index in [1.807, 2.05) is 6.92 Å². The quantitative estimate of drug-likeness (QED) is 0.718. The average molecular weight is 408 g/mol. The zero-order chi connectivity index (χ0) is 25.5. The number of ketones is 2. The van der Waals surface area contributed by atoms with Crippen LogP contribution in [0.2, 0.25) is 0 Å². The number of aliphatic hydroxyl groups is 1. The molecule has 1 N–H and O–H groups in total. The lowest BCUT2D eigenvalue weighted by atomic mass is 9.46. The summed E-state index contributed by atoms with van der Waals surface area (Å²) in [7, 11) is 0. The number of Topliss-reactive ketones (excluding diaryl/α,β-unsaturated/α-hetero) is 1. The standard InChI is InChI=1S/C24H34O5/c1-4-21(28)29-24(20(27)14-25)12-9-19-17-6-5-15-13-16(26)7-10-22(15,2)18(17)8-11-23(19,24)3/h13,17-19,25H,4-12,14H2,1-3H3/t17-,18+,19+,22+,23+,24+/m1/s1/i5D2,7D2,13D. The van der Waals surface area contributed by atoms with Crippen LogP contribution in [0.15, 0.2) is 11.6 Å². The lowest BCUT2D eigenvalue weighted by molar-refractivity contribution is -0.191. The van der Waals surface area contributed by atoms with Gasteiger partial charge in [-0.2, -0.15) is 0 Å². The first kappa shape index (κ1) is 15.3. The first-order valence-corrected chi connectivity index (χ1v) is 10.7. The number of carbonyl (C=O) groups is 3.